The predicted octanol–water partition coefficient (Wildman–Crippen LogP) is 2.46. The third kappa shape index (κ3) is 5.46. The number of carbonyl (C=O) groups excluding carboxylic acids is 3. The van der Waals surface area contributed by atoms with Crippen LogP contribution in [-0.2, 0) is 20.9 Å². The first-order valence-corrected chi connectivity index (χ1v) is 7.77. The molecule has 0 unspecified atom stereocenters. The molecule has 0 bridgehead atoms. The summed E-state index contributed by atoms with van der Waals surface area (Å²) in [5.74, 6) is -1.04. The maximum absolute atomic E-state index is 12.8. The van der Waals surface area contributed by atoms with Crippen molar-refractivity contribution >= 4 is 23.5 Å². The summed E-state index contributed by atoms with van der Waals surface area (Å²) in [5, 5.41) is 2.64. The van der Waals surface area contributed by atoms with Crippen LogP contribution in [0.15, 0.2) is 54.6 Å². The zero-order valence-corrected chi connectivity index (χ0v) is 14.2. The van der Waals surface area contributed by atoms with Crippen LogP contribution in [0.25, 0.3) is 0 Å². The molecule has 0 fully saturated rings. The Balaban J connectivity index is 2.24. The number of benzene rings is 2. The predicted molar refractivity (Wildman–Crippen MR) is 93.9 cm³/mol. The van der Waals surface area contributed by atoms with Gasteiger partial charge >= 0.3 is 5.97 Å². The molecular weight excluding hydrogens is 320 g/mol. The molecule has 6 heteroatoms. The molecule has 0 radical (unpaired) electrons. The molecule has 0 aliphatic rings. The van der Waals surface area contributed by atoms with Gasteiger partial charge < -0.3 is 15.0 Å². The van der Waals surface area contributed by atoms with Crippen molar-refractivity contribution in [2.45, 2.75) is 13.5 Å². The van der Waals surface area contributed by atoms with E-state index in [-0.39, 0.29) is 24.9 Å². The summed E-state index contributed by atoms with van der Waals surface area (Å²) >= 11 is 0. The number of ether oxygens (including phenoxy) is 1. The minimum atomic E-state index is -0.498. The molecule has 0 saturated carbocycles. The van der Waals surface area contributed by atoms with Crippen molar-refractivity contribution < 1.29 is 19.1 Å². The minimum absolute atomic E-state index is 0.158. The Morgan fingerprint density at radius 3 is 2.40 bits per heavy atom. The number of rotatable bonds is 6. The van der Waals surface area contributed by atoms with Crippen molar-refractivity contribution in [3.8, 4) is 0 Å². The number of nitrogens with one attached hydrogen (secondary N) is 1. The zero-order valence-electron chi connectivity index (χ0n) is 14.2. The second kappa shape index (κ2) is 8.63. The van der Waals surface area contributed by atoms with Gasteiger partial charge in [-0.3, -0.25) is 14.4 Å². The first-order chi connectivity index (χ1) is 12.0. The van der Waals surface area contributed by atoms with Gasteiger partial charge in [0.1, 0.15) is 6.54 Å². The Hall–Kier alpha value is -3.15. The van der Waals surface area contributed by atoms with Gasteiger partial charge in [-0.2, -0.15) is 0 Å². The molecule has 0 atom stereocenters. The second-order valence-electron chi connectivity index (χ2n) is 5.48. The van der Waals surface area contributed by atoms with E-state index >= 15 is 0 Å². The average molecular weight is 340 g/mol. The van der Waals surface area contributed by atoms with E-state index < -0.39 is 5.97 Å². The summed E-state index contributed by atoms with van der Waals surface area (Å²) in [6.07, 6.45) is 0. The van der Waals surface area contributed by atoms with E-state index in [2.05, 4.69) is 5.32 Å². The molecule has 130 valence electrons. The van der Waals surface area contributed by atoms with Crippen LogP contribution in [0.2, 0.25) is 0 Å². The number of anilines is 1. The van der Waals surface area contributed by atoms with Gasteiger partial charge in [0, 0.05) is 24.7 Å². The fourth-order valence-electron chi connectivity index (χ4n) is 2.34. The molecule has 2 amide bonds. The molecule has 0 saturated heterocycles. The van der Waals surface area contributed by atoms with Gasteiger partial charge in [0.2, 0.25) is 5.91 Å². The summed E-state index contributed by atoms with van der Waals surface area (Å²) in [7, 11) is 1.28. The van der Waals surface area contributed by atoms with E-state index in [9.17, 15) is 14.4 Å². The largest absolute Gasteiger partial charge is 0.468 e. The number of hydrogen-bond acceptors (Lipinski definition) is 4. The van der Waals surface area contributed by atoms with Crippen LogP contribution in [0.4, 0.5) is 5.69 Å². The minimum Gasteiger partial charge on any atom is -0.468 e. The summed E-state index contributed by atoms with van der Waals surface area (Å²) < 4.78 is 4.69. The van der Waals surface area contributed by atoms with Gasteiger partial charge in [-0.05, 0) is 23.8 Å². The standard InChI is InChI=1S/C19H20N2O4/c1-14(22)20-17-10-6-9-16(11-17)19(24)21(13-18(23)25-2)12-15-7-4-3-5-8-15/h3-11H,12-13H2,1-2H3,(H,20,22). The normalized spacial score (nSPS) is 10.0. The lowest BCUT2D eigenvalue weighted by Gasteiger charge is -2.22. The van der Waals surface area contributed by atoms with E-state index in [0.29, 0.717) is 11.3 Å². The molecule has 0 aliphatic carbocycles. The number of hydrogen-bond donors (Lipinski definition) is 1. The first kappa shape index (κ1) is 18.2. The Kier molecular flexibility index (Phi) is 6.28. The van der Waals surface area contributed by atoms with Crippen LogP contribution >= 0.6 is 0 Å². The van der Waals surface area contributed by atoms with Crippen molar-refractivity contribution in [2.24, 2.45) is 0 Å². The molecular formula is C19H20N2O4. The number of esters is 1. The number of nitrogens with zero attached hydrogens (tertiary/aromatic N) is 1. The molecule has 0 heterocycles. The van der Waals surface area contributed by atoms with Gasteiger partial charge in [-0.15, -0.1) is 0 Å². The molecule has 2 aromatic carbocycles. The van der Waals surface area contributed by atoms with Crippen molar-refractivity contribution in [3.63, 3.8) is 0 Å². The number of methoxy groups -OCH3 is 1. The van der Waals surface area contributed by atoms with Crippen molar-refractivity contribution in [2.75, 3.05) is 19.0 Å². The number of carbonyl (C=O) groups is 3. The van der Waals surface area contributed by atoms with Crippen LogP contribution in [0.5, 0.6) is 0 Å². The highest BCUT2D eigenvalue weighted by molar-refractivity contribution is 5.98. The van der Waals surface area contributed by atoms with E-state index in [1.54, 1.807) is 24.3 Å². The highest BCUT2D eigenvalue weighted by atomic mass is 16.5. The summed E-state index contributed by atoms with van der Waals surface area (Å²) in [4.78, 5) is 37.1. The summed E-state index contributed by atoms with van der Waals surface area (Å²) in [5.41, 5.74) is 1.81. The lowest BCUT2D eigenvalue weighted by molar-refractivity contribution is -0.141. The number of amides is 2. The fourth-order valence-corrected chi connectivity index (χ4v) is 2.34. The smallest absolute Gasteiger partial charge is 0.325 e. The van der Waals surface area contributed by atoms with Crippen LogP contribution in [0.3, 0.4) is 0 Å². The van der Waals surface area contributed by atoms with Gasteiger partial charge in [-0.25, -0.2) is 0 Å². The monoisotopic (exact) mass is 340 g/mol. The Labute approximate surface area is 146 Å². The van der Waals surface area contributed by atoms with Crippen LogP contribution in [0.1, 0.15) is 22.8 Å². The van der Waals surface area contributed by atoms with E-state index in [0.717, 1.165) is 5.56 Å². The molecule has 2 aromatic rings. The van der Waals surface area contributed by atoms with E-state index in [1.807, 2.05) is 30.3 Å². The Morgan fingerprint density at radius 2 is 1.76 bits per heavy atom. The van der Waals surface area contributed by atoms with Crippen molar-refractivity contribution in [3.05, 3.63) is 65.7 Å². The third-order valence-electron chi connectivity index (χ3n) is 3.48. The lowest BCUT2D eigenvalue weighted by atomic mass is 10.1. The zero-order chi connectivity index (χ0) is 18.2. The van der Waals surface area contributed by atoms with Crippen LogP contribution in [-0.4, -0.2) is 36.3 Å². The SMILES string of the molecule is COC(=O)CN(Cc1ccccc1)C(=O)c1cccc(NC(C)=O)c1. The quantitative estimate of drug-likeness (QED) is 0.820. The van der Waals surface area contributed by atoms with Crippen LogP contribution in [0, 0.1) is 0 Å². The Bertz CT molecular complexity index is 759. The van der Waals surface area contributed by atoms with Crippen molar-refractivity contribution in [1.82, 2.24) is 4.90 Å². The third-order valence-corrected chi connectivity index (χ3v) is 3.48. The molecule has 0 spiro atoms. The highest BCUT2D eigenvalue weighted by Crippen LogP contribution is 2.15. The molecule has 0 aliphatic heterocycles. The molecule has 2 rings (SSSR count). The first-order valence-electron chi connectivity index (χ1n) is 7.77. The van der Waals surface area contributed by atoms with Gasteiger partial charge in [0.25, 0.3) is 5.91 Å². The highest BCUT2D eigenvalue weighted by Gasteiger charge is 2.20. The van der Waals surface area contributed by atoms with E-state index in [4.69, 9.17) is 4.74 Å². The maximum Gasteiger partial charge on any atom is 0.325 e. The maximum atomic E-state index is 12.8. The molecule has 0 aromatic heterocycles. The van der Waals surface area contributed by atoms with Gasteiger partial charge in [0.05, 0.1) is 7.11 Å². The summed E-state index contributed by atoms with van der Waals surface area (Å²) in [6.45, 7) is 1.52. The van der Waals surface area contributed by atoms with Crippen LogP contribution < -0.4 is 5.32 Å². The van der Waals surface area contributed by atoms with Gasteiger partial charge in [0.15, 0.2) is 0 Å². The van der Waals surface area contributed by atoms with Gasteiger partial charge in [-0.1, -0.05) is 36.4 Å². The molecule has 1 N–H and O–H groups in total. The van der Waals surface area contributed by atoms with E-state index in [1.165, 1.54) is 18.9 Å². The molecule has 6 nitrogen and oxygen atoms in total. The molecule has 25 heavy (non-hydrogen) atoms. The Morgan fingerprint density at radius 1 is 1.04 bits per heavy atom. The topological polar surface area (TPSA) is 75.7 Å². The second-order valence-corrected chi connectivity index (χ2v) is 5.48. The van der Waals surface area contributed by atoms with Crippen molar-refractivity contribution in [1.29, 1.82) is 0 Å². The summed E-state index contributed by atoms with van der Waals surface area (Å²) in [6, 6.07) is 16.0. The average Bonchev–Trinajstić information content (AvgIpc) is 2.61. The lowest BCUT2D eigenvalue weighted by Crippen LogP contribution is -2.35. The fraction of sp³-hybridized carbons (Fsp3) is 0.211.